The van der Waals surface area contributed by atoms with E-state index in [2.05, 4.69) is 71.4 Å². The van der Waals surface area contributed by atoms with Gasteiger partial charge in [0.25, 0.3) is 0 Å². The minimum absolute atomic E-state index is 0.418. The van der Waals surface area contributed by atoms with Crippen molar-refractivity contribution < 1.29 is 0 Å². The van der Waals surface area contributed by atoms with E-state index in [-0.39, 0.29) is 0 Å². The predicted octanol–water partition coefficient (Wildman–Crippen LogP) is 4.71. The van der Waals surface area contributed by atoms with Gasteiger partial charge in [0.05, 0.1) is 11.7 Å². The number of rotatable bonds is 5. The van der Waals surface area contributed by atoms with Crippen LogP contribution in [0.3, 0.4) is 0 Å². The van der Waals surface area contributed by atoms with Crippen molar-refractivity contribution in [2.45, 2.75) is 38.8 Å². The highest BCUT2D eigenvalue weighted by molar-refractivity contribution is 5.26. The van der Waals surface area contributed by atoms with Gasteiger partial charge in [0.15, 0.2) is 0 Å². The van der Waals surface area contributed by atoms with Crippen LogP contribution in [0, 0.1) is 6.92 Å². The van der Waals surface area contributed by atoms with E-state index in [1.165, 1.54) is 35.2 Å². The van der Waals surface area contributed by atoms with Gasteiger partial charge in [0.1, 0.15) is 0 Å². The summed E-state index contributed by atoms with van der Waals surface area (Å²) < 4.78 is 0. The number of likely N-dealkylation sites (tertiary alicyclic amines) is 1. The molecule has 3 heteroatoms. The summed E-state index contributed by atoms with van der Waals surface area (Å²) in [6.07, 6.45) is 7.07. The Balaban J connectivity index is 1.50. The maximum Gasteiger partial charge on any atom is 0.0578 e. The average molecular weight is 343 g/mol. The molecule has 1 fully saturated rings. The Morgan fingerprint density at radius 3 is 2.58 bits per heavy atom. The molecule has 4 rings (SSSR count). The summed E-state index contributed by atoms with van der Waals surface area (Å²) in [5.41, 5.74) is 6.31. The maximum atomic E-state index is 5.01. The number of pyridine rings is 2. The molecule has 0 spiro atoms. The molecule has 1 saturated heterocycles. The summed E-state index contributed by atoms with van der Waals surface area (Å²) in [6.45, 7) is 4.23. The molecule has 0 amide bonds. The van der Waals surface area contributed by atoms with Gasteiger partial charge in [-0.25, -0.2) is 0 Å². The minimum atomic E-state index is 0.418. The van der Waals surface area contributed by atoms with Crippen molar-refractivity contribution in [3.8, 4) is 0 Å². The fraction of sp³-hybridized carbons (Fsp3) is 0.304. The van der Waals surface area contributed by atoms with Crippen LogP contribution in [0.25, 0.3) is 0 Å². The smallest absolute Gasteiger partial charge is 0.0578 e. The lowest BCUT2D eigenvalue weighted by Crippen LogP contribution is -2.23. The highest BCUT2D eigenvalue weighted by atomic mass is 15.2. The molecule has 26 heavy (non-hydrogen) atoms. The van der Waals surface area contributed by atoms with Crippen LogP contribution in [0.1, 0.15) is 47.0 Å². The molecule has 1 aliphatic heterocycles. The topological polar surface area (TPSA) is 29.0 Å². The van der Waals surface area contributed by atoms with E-state index in [1.54, 1.807) is 0 Å². The van der Waals surface area contributed by atoms with E-state index in [9.17, 15) is 0 Å². The van der Waals surface area contributed by atoms with Crippen LogP contribution in [0.2, 0.25) is 0 Å². The molecule has 1 aliphatic rings. The molecule has 0 radical (unpaired) electrons. The number of aryl methyl sites for hydroxylation is 1. The second kappa shape index (κ2) is 7.79. The zero-order valence-corrected chi connectivity index (χ0v) is 15.3. The average Bonchev–Trinajstić information content (AvgIpc) is 3.13. The standard InChI is InChI=1S/C23H25N3/c1-18-7-9-19(10-8-18)16-21-4-2-5-22(25-21)23-6-3-15-26(23)17-20-11-13-24-14-12-20/h2,4-5,7-14,23H,3,6,15-17H2,1H3. The summed E-state index contributed by atoms with van der Waals surface area (Å²) in [5.74, 6) is 0. The van der Waals surface area contributed by atoms with Crippen molar-refractivity contribution in [1.82, 2.24) is 14.9 Å². The highest BCUT2D eigenvalue weighted by Gasteiger charge is 2.27. The molecule has 1 aromatic carbocycles. The predicted molar refractivity (Wildman–Crippen MR) is 105 cm³/mol. The van der Waals surface area contributed by atoms with Crippen LogP contribution in [-0.2, 0) is 13.0 Å². The first-order valence-electron chi connectivity index (χ1n) is 9.42. The SMILES string of the molecule is Cc1ccc(Cc2cccc(C3CCCN3Cc3ccncc3)n2)cc1. The third kappa shape index (κ3) is 4.00. The molecule has 3 aromatic rings. The lowest BCUT2D eigenvalue weighted by molar-refractivity contribution is 0.244. The second-order valence-electron chi connectivity index (χ2n) is 7.20. The summed E-state index contributed by atoms with van der Waals surface area (Å²) in [7, 11) is 0. The Morgan fingerprint density at radius 1 is 0.962 bits per heavy atom. The summed E-state index contributed by atoms with van der Waals surface area (Å²) in [4.78, 5) is 11.7. The third-order valence-electron chi connectivity index (χ3n) is 5.17. The normalized spacial score (nSPS) is 17.5. The molecular formula is C23H25N3. The van der Waals surface area contributed by atoms with E-state index in [4.69, 9.17) is 4.98 Å². The number of aromatic nitrogens is 2. The van der Waals surface area contributed by atoms with Gasteiger partial charge in [0, 0.05) is 31.1 Å². The minimum Gasteiger partial charge on any atom is -0.291 e. The molecule has 1 atom stereocenters. The van der Waals surface area contributed by atoms with E-state index < -0.39 is 0 Å². The molecule has 1 unspecified atom stereocenters. The Hall–Kier alpha value is -2.52. The van der Waals surface area contributed by atoms with E-state index in [0.29, 0.717) is 6.04 Å². The molecule has 132 valence electrons. The van der Waals surface area contributed by atoms with E-state index in [0.717, 1.165) is 25.2 Å². The molecule has 2 aromatic heterocycles. The molecule has 0 N–H and O–H groups in total. The van der Waals surface area contributed by atoms with Crippen molar-refractivity contribution in [2.24, 2.45) is 0 Å². The van der Waals surface area contributed by atoms with Crippen LogP contribution < -0.4 is 0 Å². The molecule has 0 bridgehead atoms. The third-order valence-corrected chi connectivity index (χ3v) is 5.17. The second-order valence-corrected chi connectivity index (χ2v) is 7.20. The van der Waals surface area contributed by atoms with Gasteiger partial charge < -0.3 is 0 Å². The van der Waals surface area contributed by atoms with Gasteiger partial charge in [-0.15, -0.1) is 0 Å². The number of nitrogens with zero attached hydrogens (tertiary/aromatic N) is 3. The lowest BCUT2D eigenvalue weighted by Gasteiger charge is -2.24. The van der Waals surface area contributed by atoms with Crippen LogP contribution in [0.4, 0.5) is 0 Å². The fourth-order valence-electron chi connectivity index (χ4n) is 3.77. The zero-order valence-electron chi connectivity index (χ0n) is 15.3. The largest absolute Gasteiger partial charge is 0.291 e. The monoisotopic (exact) mass is 343 g/mol. The quantitative estimate of drug-likeness (QED) is 0.671. The molecule has 3 nitrogen and oxygen atoms in total. The van der Waals surface area contributed by atoms with Crippen molar-refractivity contribution in [1.29, 1.82) is 0 Å². The number of hydrogen-bond donors (Lipinski definition) is 0. The summed E-state index contributed by atoms with van der Waals surface area (Å²) in [6, 6.07) is 19.9. The fourth-order valence-corrected chi connectivity index (χ4v) is 3.77. The lowest BCUT2D eigenvalue weighted by atomic mass is 10.1. The van der Waals surface area contributed by atoms with Gasteiger partial charge in [0.2, 0.25) is 0 Å². The van der Waals surface area contributed by atoms with Gasteiger partial charge in [-0.1, -0.05) is 35.9 Å². The highest BCUT2D eigenvalue weighted by Crippen LogP contribution is 2.32. The Morgan fingerprint density at radius 2 is 1.77 bits per heavy atom. The van der Waals surface area contributed by atoms with Gasteiger partial charge in [-0.05, 0) is 61.7 Å². The maximum absolute atomic E-state index is 5.01. The van der Waals surface area contributed by atoms with Gasteiger partial charge >= 0.3 is 0 Å². The van der Waals surface area contributed by atoms with Crippen molar-refractivity contribution in [3.63, 3.8) is 0 Å². The van der Waals surface area contributed by atoms with Gasteiger partial charge in [-0.3, -0.25) is 14.9 Å². The van der Waals surface area contributed by atoms with Gasteiger partial charge in [-0.2, -0.15) is 0 Å². The van der Waals surface area contributed by atoms with Crippen LogP contribution in [0.15, 0.2) is 67.0 Å². The van der Waals surface area contributed by atoms with Crippen molar-refractivity contribution in [3.05, 3.63) is 95.1 Å². The van der Waals surface area contributed by atoms with E-state index >= 15 is 0 Å². The van der Waals surface area contributed by atoms with Crippen molar-refractivity contribution >= 4 is 0 Å². The first kappa shape index (κ1) is 16.9. The number of benzene rings is 1. The molecule has 3 heterocycles. The first-order valence-corrected chi connectivity index (χ1v) is 9.42. The van der Waals surface area contributed by atoms with Crippen LogP contribution >= 0.6 is 0 Å². The zero-order chi connectivity index (χ0) is 17.8. The van der Waals surface area contributed by atoms with Crippen molar-refractivity contribution in [2.75, 3.05) is 6.54 Å². The number of hydrogen-bond acceptors (Lipinski definition) is 3. The Labute approximate surface area is 155 Å². The van der Waals surface area contributed by atoms with Crippen LogP contribution in [-0.4, -0.2) is 21.4 Å². The van der Waals surface area contributed by atoms with E-state index in [1.807, 2.05) is 12.4 Å². The molecule has 0 aliphatic carbocycles. The molecular weight excluding hydrogens is 318 g/mol. The molecule has 0 saturated carbocycles. The summed E-state index contributed by atoms with van der Waals surface area (Å²) >= 11 is 0. The Bertz CT molecular complexity index is 843. The van der Waals surface area contributed by atoms with Crippen LogP contribution in [0.5, 0.6) is 0 Å². The summed E-state index contributed by atoms with van der Waals surface area (Å²) in [5, 5.41) is 0. The first-order chi connectivity index (χ1) is 12.8. The Kier molecular flexibility index (Phi) is 5.07.